The summed E-state index contributed by atoms with van der Waals surface area (Å²) in [4.78, 5) is 0. The fourth-order valence-electron chi connectivity index (χ4n) is 1.00. The van der Waals surface area contributed by atoms with E-state index >= 15 is 0 Å². The lowest BCUT2D eigenvalue weighted by molar-refractivity contribution is 1.12. The van der Waals surface area contributed by atoms with Gasteiger partial charge in [0.25, 0.3) is 0 Å². The zero-order valence-electron chi connectivity index (χ0n) is 8.88. The number of nitrogens with zero attached hydrogens (tertiary/aromatic N) is 5. The van der Waals surface area contributed by atoms with Crippen LogP contribution in [0.5, 0.6) is 0 Å². The van der Waals surface area contributed by atoms with Crippen LogP contribution in [-0.4, -0.2) is 6.21 Å². The number of hydrogen-bond acceptors (Lipinski definition) is 5. The first kappa shape index (κ1) is 13.8. The molecule has 0 aliphatic carbocycles. The Labute approximate surface area is 114 Å². The fourth-order valence-corrected chi connectivity index (χ4v) is 1.32. The van der Waals surface area contributed by atoms with Crippen LogP contribution in [0.25, 0.3) is 0 Å². The molecule has 0 N–H and O–H groups in total. The number of benzene rings is 1. The van der Waals surface area contributed by atoms with Crippen LogP contribution in [0.15, 0.2) is 23.3 Å². The number of halogens is 2. The van der Waals surface area contributed by atoms with E-state index in [-0.39, 0.29) is 5.56 Å². The Balaban J connectivity index is 2.93. The molecule has 0 saturated carbocycles. The molecule has 0 atom stereocenters. The van der Waals surface area contributed by atoms with E-state index in [0.717, 1.165) is 10.7 Å². The summed E-state index contributed by atoms with van der Waals surface area (Å²) in [6.07, 6.45) is 1.10. The van der Waals surface area contributed by atoms with Gasteiger partial charge in [-0.3, -0.25) is 0 Å². The Morgan fingerprint density at radius 1 is 1.28 bits per heavy atom. The van der Waals surface area contributed by atoms with Crippen LogP contribution in [0.4, 0.5) is 5.69 Å². The van der Waals surface area contributed by atoms with Gasteiger partial charge in [0.1, 0.15) is 6.07 Å². The molecule has 0 heterocycles. The zero-order chi connectivity index (χ0) is 13.5. The molecule has 88 valence electrons. The van der Waals surface area contributed by atoms with Crippen LogP contribution >= 0.6 is 23.4 Å². The third-order valence-corrected chi connectivity index (χ3v) is 2.49. The van der Waals surface area contributed by atoms with Gasteiger partial charge in [-0.15, -0.1) is 0 Å². The van der Waals surface area contributed by atoms with Gasteiger partial charge < -0.3 is 0 Å². The van der Waals surface area contributed by atoms with Gasteiger partial charge in [0.15, 0.2) is 5.92 Å². The Morgan fingerprint density at radius 3 is 2.50 bits per heavy atom. The normalized spacial score (nSPS) is 9.78. The predicted molar refractivity (Wildman–Crippen MR) is 67.7 cm³/mol. The third-order valence-electron chi connectivity index (χ3n) is 1.88. The Morgan fingerprint density at radius 2 is 1.94 bits per heavy atom. The standard InChI is InChI=1S/C11H5Cl2N5/c12-11-2-1-10(3-9(11)6-16)18(13)17-7-8(4-14)5-15/h1-3,7-8H. The molecule has 0 aliphatic rings. The second kappa shape index (κ2) is 6.47. The van der Waals surface area contributed by atoms with Crippen LogP contribution in [0.1, 0.15) is 5.56 Å². The fraction of sp³-hybridized carbons (Fsp3) is 0.0909. The molecule has 0 bridgehead atoms. The van der Waals surface area contributed by atoms with Crippen molar-refractivity contribution >= 4 is 35.3 Å². The van der Waals surface area contributed by atoms with Gasteiger partial charge in [0, 0.05) is 11.8 Å². The number of anilines is 1. The second-order valence-electron chi connectivity index (χ2n) is 3.04. The van der Waals surface area contributed by atoms with Gasteiger partial charge in [-0.05, 0) is 18.2 Å². The van der Waals surface area contributed by atoms with Gasteiger partial charge >= 0.3 is 0 Å². The lowest BCUT2D eigenvalue weighted by atomic mass is 10.2. The van der Waals surface area contributed by atoms with E-state index in [9.17, 15) is 0 Å². The molecule has 0 unspecified atom stereocenters. The van der Waals surface area contributed by atoms with Gasteiger partial charge in [-0.25, -0.2) is 0 Å². The summed E-state index contributed by atoms with van der Waals surface area (Å²) >= 11 is 11.6. The quantitative estimate of drug-likeness (QED) is 0.483. The van der Waals surface area contributed by atoms with Crippen molar-refractivity contribution in [1.29, 1.82) is 15.8 Å². The van der Waals surface area contributed by atoms with Crippen LogP contribution in [0.2, 0.25) is 5.02 Å². The largest absolute Gasteiger partial charge is 0.196 e. The van der Waals surface area contributed by atoms with E-state index in [4.69, 9.17) is 39.2 Å². The minimum absolute atomic E-state index is 0.257. The van der Waals surface area contributed by atoms with Crippen molar-refractivity contribution in [3.8, 4) is 18.2 Å². The smallest absolute Gasteiger partial charge is 0.170 e. The third kappa shape index (κ3) is 3.37. The number of rotatable bonds is 3. The highest BCUT2D eigenvalue weighted by Crippen LogP contribution is 2.24. The van der Waals surface area contributed by atoms with E-state index < -0.39 is 5.92 Å². The first-order valence-electron chi connectivity index (χ1n) is 4.61. The van der Waals surface area contributed by atoms with Crippen LogP contribution in [-0.2, 0) is 0 Å². The molecular formula is C11H5Cl2N5. The summed E-state index contributed by atoms with van der Waals surface area (Å²) in [6, 6.07) is 9.85. The SMILES string of the molecule is N#Cc1cc(N(Cl)N=CC(C#N)C#N)ccc1Cl. The molecule has 0 amide bonds. The summed E-state index contributed by atoms with van der Waals surface area (Å²) in [5.74, 6) is -0.978. The number of hydrogen-bond donors (Lipinski definition) is 0. The van der Waals surface area contributed by atoms with E-state index in [1.54, 1.807) is 18.2 Å². The van der Waals surface area contributed by atoms with Crippen LogP contribution < -0.4 is 4.53 Å². The maximum absolute atomic E-state index is 8.80. The molecule has 0 radical (unpaired) electrons. The summed E-state index contributed by atoms with van der Waals surface area (Å²) < 4.78 is 0.929. The van der Waals surface area contributed by atoms with E-state index in [1.807, 2.05) is 6.07 Å². The van der Waals surface area contributed by atoms with Crippen molar-refractivity contribution in [2.45, 2.75) is 0 Å². The second-order valence-corrected chi connectivity index (χ2v) is 3.76. The first-order chi connectivity index (χ1) is 8.62. The number of hydrazone groups is 1. The highest BCUT2D eigenvalue weighted by Gasteiger charge is 2.07. The average molecular weight is 278 g/mol. The van der Waals surface area contributed by atoms with Crippen molar-refractivity contribution in [2.24, 2.45) is 11.0 Å². The molecule has 1 rings (SSSR count). The van der Waals surface area contributed by atoms with Crippen molar-refractivity contribution in [3.63, 3.8) is 0 Å². The zero-order valence-corrected chi connectivity index (χ0v) is 10.4. The lowest BCUT2D eigenvalue weighted by Crippen LogP contribution is -2.04. The molecule has 7 heteroatoms. The maximum Gasteiger partial charge on any atom is 0.170 e. The van der Waals surface area contributed by atoms with Gasteiger partial charge in [0.2, 0.25) is 0 Å². The molecule has 1 aromatic carbocycles. The molecule has 0 saturated heterocycles. The molecule has 18 heavy (non-hydrogen) atoms. The van der Waals surface area contributed by atoms with Crippen molar-refractivity contribution < 1.29 is 0 Å². The highest BCUT2D eigenvalue weighted by atomic mass is 35.5. The Hall–Kier alpha value is -2.26. The average Bonchev–Trinajstić information content (AvgIpc) is 2.40. The monoisotopic (exact) mass is 277 g/mol. The van der Waals surface area contributed by atoms with Crippen molar-refractivity contribution in [2.75, 3.05) is 4.53 Å². The summed E-state index contributed by atoms with van der Waals surface area (Å²) in [5, 5.41) is 29.9. The van der Waals surface area contributed by atoms with Crippen molar-refractivity contribution in [1.82, 2.24) is 0 Å². The highest BCUT2D eigenvalue weighted by molar-refractivity contribution is 6.32. The summed E-state index contributed by atoms with van der Waals surface area (Å²) in [6.45, 7) is 0. The van der Waals surface area contributed by atoms with E-state index in [2.05, 4.69) is 5.10 Å². The predicted octanol–water partition coefficient (Wildman–Crippen LogP) is 2.82. The van der Waals surface area contributed by atoms with Gasteiger partial charge in [-0.2, -0.15) is 25.4 Å². The molecule has 1 aromatic rings. The topological polar surface area (TPSA) is 87.0 Å². The maximum atomic E-state index is 8.80. The number of nitriles is 3. The van der Waals surface area contributed by atoms with E-state index in [1.165, 1.54) is 12.1 Å². The van der Waals surface area contributed by atoms with E-state index in [0.29, 0.717) is 10.7 Å². The van der Waals surface area contributed by atoms with Crippen molar-refractivity contribution in [3.05, 3.63) is 28.8 Å². The first-order valence-corrected chi connectivity index (χ1v) is 5.33. The van der Waals surface area contributed by atoms with Crippen LogP contribution in [0, 0.1) is 39.9 Å². The minimum atomic E-state index is -0.978. The molecule has 0 fully saturated rings. The molecule has 0 spiro atoms. The summed E-state index contributed by atoms with van der Waals surface area (Å²) in [7, 11) is 0. The minimum Gasteiger partial charge on any atom is -0.196 e. The molecule has 5 nitrogen and oxygen atoms in total. The lowest BCUT2D eigenvalue weighted by Gasteiger charge is -2.09. The Kier molecular flexibility index (Phi) is 4.96. The molecule has 0 aromatic heterocycles. The Bertz CT molecular complexity index is 577. The van der Waals surface area contributed by atoms with Gasteiger partial charge in [0.05, 0.1) is 34.6 Å². The molecule has 0 aliphatic heterocycles. The van der Waals surface area contributed by atoms with Crippen LogP contribution in [0.3, 0.4) is 0 Å². The molecular weight excluding hydrogens is 273 g/mol. The summed E-state index contributed by atoms with van der Waals surface area (Å²) in [5.41, 5.74) is 0.663. The van der Waals surface area contributed by atoms with Gasteiger partial charge in [-0.1, -0.05) is 11.6 Å².